The minimum absolute atomic E-state index is 0.0194. The van der Waals surface area contributed by atoms with Crippen LogP contribution < -0.4 is 20.4 Å². The number of likely N-dealkylation sites (N-methyl/N-ethyl adjacent to an activating group) is 1. The first-order valence-electron chi connectivity index (χ1n) is 11.0. The highest BCUT2D eigenvalue weighted by atomic mass is 16.2. The molecule has 8 nitrogen and oxygen atoms in total. The van der Waals surface area contributed by atoms with Crippen molar-refractivity contribution >= 4 is 23.4 Å². The Kier molecular flexibility index (Phi) is 9.76. The van der Waals surface area contributed by atoms with Crippen LogP contribution in [0.25, 0.3) is 0 Å². The smallest absolute Gasteiger partial charge is 0.279 e. The molecular weight excluding hydrogens is 382 g/mol. The highest BCUT2D eigenvalue weighted by Gasteiger charge is 2.27. The molecule has 0 spiro atoms. The maximum Gasteiger partial charge on any atom is 0.279 e. The third-order valence-electron chi connectivity index (χ3n) is 5.53. The van der Waals surface area contributed by atoms with Gasteiger partial charge in [-0.3, -0.25) is 14.4 Å². The number of nitrogens with one attached hydrogen (secondary N) is 4. The van der Waals surface area contributed by atoms with E-state index >= 15 is 0 Å². The van der Waals surface area contributed by atoms with Crippen molar-refractivity contribution in [1.82, 2.24) is 10.2 Å². The highest BCUT2D eigenvalue weighted by molar-refractivity contribution is 5.92. The highest BCUT2D eigenvalue weighted by Crippen LogP contribution is 2.14. The van der Waals surface area contributed by atoms with Crippen LogP contribution >= 0.6 is 0 Å². The number of nitrogens with zero attached hydrogens (tertiary/aromatic N) is 1. The number of para-hydroxylation sites is 1. The number of amides is 3. The molecule has 1 saturated heterocycles. The molecule has 0 atom stereocenters. The Morgan fingerprint density at radius 1 is 0.967 bits per heavy atom. The zero-order valence-corrected chi connectivity index (χ0v) is 18.6. The van der Waals surface area contributed by atoms with Crippen LogP contribution in [0.2, 0.25) is 0 Å². The first kappa shape index (κ1) is 23.8. The molecule has 1 heterocycles. The molecule has 1 aliphatic rings. The van der Waals surface area contributed by atoms with Crippen LogP contribution in [0.4, 0.5) is 5.69 Å². The normalized spacial score (nSPS) is 18.5. The fourth-order valence-electron chi connectivity index (χ4n) is 3.66. The molecular formula is C22H37N5O3+2. The molecule has 30 heavy (non-hydrogen) atoms. The average molecular weight is 420 g/mol. The van der Waals surface area contributed by atoms with E-state index in [0.29, 0.717) is 19.6 Å². The van der Waals surface area contributed by atoms with Gasteiger partial charge in [0, 0.05) is 19.3 Å². The van der Waals surface area contributed by atoms with Crippen molar-refractivity contribution in [2.24, 2.45) is 0 Å². The molecule has 0 bridgehead atoms. The maximum atomic E-state index is 12.4. The summed E-state index contributed by atoms with van der Waals surface area (Å²) in [5.41, 5.74) is 2.03. The van der Waals surface area contributed by atoms with E-state index in [2.05, 4.69) is 17.6 Å². The van der Waals surface area contributed by atoms with Crippen molar-refractivity contribution in [2.75, 3.05) is 64.7 Å². The summed E-state index contributed by atoms with van der Waals surface area (Å²) in [4.78, 5) is 40.6. The van der Waals surface area contributed by atoms with Gasteiger partial charge in [-0.2, -0.15) is 0 Å². The Morgan fingerprint density at radius 2 is 1.60 bits per heavy atom. The standard InChI is InChI=1S/C22H35N5O3/c1-4-10-23-20(28)15-25(3)22(30)17-27-13-11-26(12-14-27)16-21(29)24-19-9-7-6-8-18(19)5-2/h6-9H,4-5,10-17H2,1-3H3,(H,23,28)(H,24,29)/p+2. The predicted octanol–water partition coefficient (Wildman–Crippen LogP) is -2.04. The SMILES string of the molecule is CCCNC(=O)CN(C)C(=O)C[NH+]1CC[NH+](CC(=O)Nc2ccccc2CC)CC1. The number of aryl methyl sites for hydroxylation is 1. The Morgan fingerprint density at radius 3 is 2.23 bits per heavy atom. The number of hydrogen-bond acceptors (Lipinski definition) is 3. The topological polar surface area (TPSA) is 87.4 Å². The summed E-state index contributed by atoms with van der Waals surface area (Å²) in [5, 5.41) is 5.82. The molecule has 3 amide bonds. The second-order valence-electron chi connectivity index (χ2n) is 8.01. The van der Waals surface area contributed by atoms with Gasteiger partial charge in [0.15, 0.2) is 13.1 Å². The second kappa shape index (κ2) is 12.3. The molecule has 1 fully saturated rings. The number of quaternary nitrogens is 2. The summed E-state index contributed by atoms with van der Waals surface area (Å²) in [6.45, 7) is 9.03. The third-order valence-corrected chi connectivity index (χ3v) is 5.53. The summed E-state index contributed by atoms with van der Waals surface area (Å²) in [6.07, 6.45) is 1.76. The number of carbonyl (C=O) groups is 3. The van der Waals surface area contributed by atoms with Crippen LogP contribution in [0, 0.1) is 0 Å². The zero-order valence-electron chi connectivity index (χ0n) is 18.6. The van der Waals surface area contributed by atoms with E-state index in [1.165, 1.54) is 14.7 Å². The lowest BCUT2D eigenvalue weighted by Crippen LogP contribution is -3.28. The Bertz CT molecular complexity index is 716. The van der Waals surface area contributed by atoms with Gasteiger partial charge in [0.2, 0.25) is 5.91 Å². The van der Waals surface area contributed by atoms with E-state index in [-0.39, 0.29) is 24.3 Å². The minimum Gasteiger partial charge on any atom is -0.355 e. The Labute approximate surface area is 179 Å². The molecule has 0 aliphatic carbocycles. The van der Waals surface area contributed by atoms with Gasteiger partial charge in [-0.15, -0.1) is 0 Å². The molecule has 1 aliphatic heterocycles. The van der Waals surface area contributed by atoms with Crippen LogP contribution in [0.15, 0.2) is 24.3 Å². The van der Waals surface area contributed by atoms with E-state index in [4.69, 9.17) is 0 Å². The number of anilines is 1. The van der Waals surface area contributed by atoms with E-state index in [0.717, 1.165) is 50.3 Å². The van der Waals surface area contributed by atoms with Crippen molar-refractivity contribution in [3.05, 3.63) is 29.8 Å². The van der Waals surface area contributed by atoms with Gasteiger partial charge < -0.3 is 25.3 Å². The number of piperazine rings is 1. The van der Waals surface area contributed by atoms with Crippen LogP contribution in [-0.4, -0.2) is 82.0 Å². The summed E-state index contributed by atoms with van der Waals surface area (Å²) in [7, 11) is 1.67. The van der Waals surface area contributed by atoms with E-state index in [1.807, 2.05) is 31.2 Å². The first-order valence-corrected chi connectivity index (χ1v) is 11.0. The molecule has 1 aromatic rings. The van der Waals surface area contributed by atoms with Gasteiger partial charge >= 0.3 is 0 Å². The summed E-state index contributed by atoms with van der Waals surface area (Å²) >= 11 is 0. The minimum atomic E-state index is -0.118. The molecule has 0 unspecified atom stereocenters. The number of benzene rings is 1. The van der Waals surface area contributed by atoms with Crippen molar-refractivity contribution in [3.8, 4) is 0 Å². The van der Waals surface area contributed by atoms with Gasteiger partial charge in [0.25, 0.3) is 11.8 Å². The summed E-state index contributed by atoms with van der Waals surface area (Å²) < 4.78 is 0. The van der Waals surface area contributed by atoms with E-state index < -0.39 is 0 Å². The lowest BCUT2D eigenvalue weighted by Gasteiger charge is -2.30. The summed E-state index contributed by atoms with van der Waals surface area (Å²) in [6, 6.07) is 7.90. The average Bonchev–Trinajstić information content (AvgIpc) is 2.73. The van der Waals surface area contributed by atoms with Crippen LogP contribution in [-0.2, 0) is 20.8 Å². The number of hydrogen-bond donors (Lipinski definition) is 4. The van der Waals surface area contributed by atoms with Gasteiger partial charge in [-0.05, 0) is 24.5 Å². The largest absolute Gasteiger partial charge is 0.355 e. The third kappa shape index (κ3) is 7.76. The van der Waals surface area contributed by atoms with Crippen molar-refractivity contribution < 1.29 is 24.2 Å². The second-order valence-corrected chi connectivity index (χ2v) is 8.01. The fourth-order valence-corrected chi connectivity index (χ4v) is 3.66. The van der Waals surface area contributed by atoms with Crippen LogP contribution in [0.3, 0.4) is 0 Å². The van der Waals surface area contributed by atoms with Gasteiger partial charge in [-0.1, -0.05) is 32.0 Å². The monoisotopic (exact) mass is 419 g/mol. The van der Waals surface area contributed by atoms with Crippen molar-refractivity contribution in [3.63, 3.8) is 0 Å². The molecule has 0 saturated carbocycles. The van der Waals surface area contributed by atoms with Crippen molar-refractivity contribution in [1.29, 1.82) is 0 Å². The number of carbonyl (C=O) groups excluding carboxylic acids is 3. The number of rotatable bonds is 10. The summed E-state index contributed by atoms with van der Waals surface area (Å²) in [5.74, 6) is -0.107. The van der Waals surface area contributed by atoms with Gasteiger partial charge in [0.1, 0.15) is 26.2 Å². The van der Waals surface area contributed by atoms with Crippen LogP contribution in [0.1, 0.15) is 25.8 Å². The zero-order chi connectivity index (χ0) is 21.9. The maximum absolute atomic E-state index is 12.4. The molecule has 8 heteroatoms. The lowest BCUT2D eigenvalue weighted by molar-refractivity contribution is -1.00. The predicted molar refractivity (Wildman–Crippen MR) is 117 cm³/mol. The Hall–Kier alpha value is -2.45. The molecule has 0 radical (unpaired) electrons. The van der Waals surface area contributed by atoms with Crippen LogP contribution in [0.5, 0.6) is 0 Å². The molecule has 4 N–H and O–H groups in total. The van der Waals surface area contributed by atoms with Gasteiger partial charge in [-0.25, -0.2) is 0 Å². The molecule has 2 rings (SSSR count). The van der Waals surface area contributed by atoms with Gasteiger partial charge in [0.05, 0.1) is 6.54 Å². The Balaban J connectivity index is 1.71. The molecule has 1 aromatic carbocycles. The van der Waals surface area contributed by atoms with E-state index in [1.54, 1.807) is 7.05 Å². The lowest BCUT2D eigenvalue weighted by atomic mass is 10.1. The molecule has 0 aromatic heterocycles. The van der Waals surface area contributed by atoms with E-state index in [9.17, 15) is 14.4 Å². The first-order chi connectivity index (χ1) is 14.4. The fraction of sp³-hybridized carbons (Fsp3) is 0.591. The molecule has 166 valence electrons. The van der Waals surface area contributed by atoms with Crippen molar-refractivity contribution in [2.45, 2.75) is 26.7 Å². The quantitative estimate of drug-likeness (QED) is 0.352.